The highest BCUT2D eigenvalue weighted by molar-refractivity contribution is 7.20. The molecule has 0 aliphatic heterocycles. The summed E-state index contributed by atoms with van der Waals surface area (Å²) in [5, 5.41) is 12.0. The van der Waals surface area contributed by atoms with Crippen LogP contribution in [-0.4, -0.2) is 33.1 Å². The first kappa shape index (κ1) is 13.9. The van der Waals surface area contributed by atoms with Crippen LogP contribution in [0.5, 0.6) is 0 Å². The lowest BCUT2D eigenvalue weighted by Gasteiger charge is -2.17. The van der Waals surface area contributed by atoms with Gasteiger partial charge in [-0.25, -0.2) is 19.7 Å². The number of carboxylic acids is 1. The second-order valence-corrected chi connectivity index (χ2v) is 6.29. The molecule has 1 N–H and O–H groups in total. The average Bonchev–Trinajstić information content (AvgIpc) is 3.07. The third-order valence-corrected chi connectivity index (χ3v) is 4.97. The van der Waals surface area contributed by atoms with Gasteiger partial charge in [0.05, 0.1) is 23.1 Å². The maximum Gasteiger partial charge on any atom is 0.346 e. The number of thiophene rings is 1. The van der Waals surface area contributed by atoms with Crippen molar-refractivity contribution < 1.29 is 9.90 Å². The molecule has 3 aromatic rings. The number of hydrogen-bond donors (Lipinski definition) is 1. The number of carbonyl (C=O) groups is 1. The van der Waals surface area contributed by atoms with Crippen molar-refractivity contribution in [3.8, 4) is 0 Å². The van der Waals surface area contributed by atoms with E-state index in [1.165, 1.54) is 17.7 Å². The lowest BCUT2D eigenvalue weighted by molar-refractivity contribution is 0.0701. The van der Waals surface area contributed by atoms with Crippen LogP contribution in [0, 0.1) is 6.92 Å². The first-order valence-electron chi connectivity index (χ1n) is 6.13. The van der Waals surface area contributed by atoms with E-state index in [-0.39, 0.29) is 0 Å². The number of hydrogen-bond acceptors (Lipinski definition) is 7. The molecule has 3 rings (SSSR count). The van der Waals surface area contributed by atoms with Gasteiger partial charge in [-0.05, 0) is 12.5 Å². The molecule has 0 amide bonds. The Morgan fingerprint density at radius 2 is 2.19 bits per heavy atom. The summed E-state index contributed by atoms with van der Waals surface area (Å²) in [7, 11) is 1.92. The molecule has 108 valence electrons. The lowest BCUT2D eigenvalue weighted by atomic mass is 10.2. The number of thiazole rings is 1. The van der Waals surface area contributed by atoms with Crippen LogP contribution in [0.4, 0.5) is 5.82 Å². The number of fused-ring (bicyclic) bond motifs is 1. The van der Waals surface area contributed by atoms with Gasteiger partial charge in [-0.2, -0.15) is 0 Å². The van der Waals surface area contributed by atoms with Gasteiger partial charge >= 0.3 is 5.97 Å². The molecule has 0 aromatic carbocycles. The maximum atomic E-state index is 11.3. The molecular formula is C13H12N4O2S2. The molecule has 0 bridgehead atoms. The summed E-state index contributed by atoms with van der Waals surface area (Å²) in [4.78, 5) is 27.0. The van der Waals surface area contributed by atoms with Crippen LogP contribution in [0.1, 0.15) is 20.9 Å². The third kappa shape index (κ3) is 2.47. The second-order valence-electron chi connectivity index (χ2n) is 4.57. The van der Waals surface area contributed by atoms with E-state index >= 15 is 0 Å². The second kappa shape index (κ2) is 5.38. The van der Waals surface area contributed by atoms with Crippen LogP contribution in [0.3, 0.4) is 0 Å². The fraction of sp³-hybridized carbons (Fsp3) is 0.231. The van der Waals surface area contributed by atoms with Gasteiger partial charge in [0, 0.05) is 12.4 Å². The van der Waals surface area contributed by atoms with Gasteiger partial charge in [0.1, 0.15) is 21.9 Å². The molecule has 3 aromatic heterocycles. The Kier molecular flexibility index (Phi) is 3.56. The minimum Gasteiger partial charge on any atom is -0.477 e. The normalized spacial score (nSPS) is 11.0. The van der Waals surface area contributed by atoms with Gasteiger partial charge in [-0.3, -0.25) is 0 Å². The van der Waals surface area contributed by atoms with E-state index in [9.17, 15) is 9.90 Å². The van der Waals surface area contributed by atoms with Gasteiger partial charge in [0.15, 0.2) is 0 Å². The summed E-state index contributed by atoms with van der Waals surface area (Å²) in [6.45, 7) is 2.42. The summed E-state index contributed by atoms with van der Waals surface area (Å²) in [6, 6.07) is 0. The number of carboxylic acid groups (broad SMARTS) is 1. The SMILES string of the molecule is Cc1c(C(=O)O)sc2ncnc(N(C)Cc3cscn3)c12. The molecule has 21 heavy (non-hydrogen) atoms. The monoisotopic (exact) mass is 320 g/mol. The Morgan fingerprint density at radius 1 is 1.38 bits per heavy atom. The maximum absolute atomic E-state index is 11.3. The zero-order valence-electron chi connectivity index (χ0n) is 11.4. The van der Waals surface area contributed by atoms with E-state index in [1.807, 2.05) is 17.3 Å². The summed E-state index contributed by atoms with van der Waals surface area (Å²) < 4.78 is 0. The van der Waals surface area contributed by atoms with E-state index < -0.39 is 5.97 Å². The summed E-state index contributed by atoms with van der Waals surface area (Å²) >= 11 is 2.73. The number of aromatic carboxylic acids is 1. The summed E-state index contributed by atoms with van der Waals surface area (Å²) in [5.41, 5.74) is 3.46. The van der Waals surface area contributed by atoms with Gasteiger partial charge in [-0.1, -0.05) is 0 Å². The predicted octanol–water partition coefficient (Wildman–Crippen LogP) is 2.79. The molecule has 0 aliphatic rings. The van der Waals surface area contributed by atoms with Gasteiger partial charge < -0.3 is 10.0 Å². The van der Waals surface area contributed by atoms with E-state index in [0.717, 1.165) is 16.9 Å². The van der Waals surface area contributed by atoms with Crippen LogP contribution >= 0.6 is 22.7 Å². The lowest BCUT2D eigenvalue weighted by Crippen LogP contribution is -2.18. The largest absolute Gasteiger partial charge is 0.477 e. The molecule has 0 saturated carbocycles. The van der Waals surface area contributed by atoms with Gasteiger partial charge in [0.25, 0.3) is 0 Å². The topological polar surface area (TPSA) is 79.2 Å². The molecule has 8 heteroatoms. The van der Waals surface area contributed by atoms with Crippen molar-refractivity contribution in [1.82, 2.24) is 15.0 Å². The summed E-state index contributed by atoms with van der Waals surface area (Å²) in [6.07, 6.45) is 1.47. The van der Waals surface area contributed by atoms with Gasteiger partial charge in [0.2, 0.25) is 0 Å². The van der Waals surface area contributed by atoms with Crippen molar-refractivity contribution in [3.05, 3.63) is 33.4 Å². The van der Waals surface area contributed by atoms with Crippen LogP contribution in [0.2, 0.25) is 0 Å². The Morgan fingerprint density at radius 3 is 2.86 bits per heavy atom. The molecule has 3 heterocycles. The molecule has 0 saturated heterocycles. The molecule has 0 aliphatic carbocycles. The molecule has 0 atom stereocenters. The van der Waals surface area contributed by atoms with Crippen molar-refractivity contribution in [2.45, 2.75) is 13.5 Å². The smallest absolute Gasteiger partial charge is 0.346 e. The van der Waals surface area contributed by atoms with Crippen LogP contribution in [0.15, 0.2) is 17.2 Å². The first-order valence-corrected chi connectivity index (χ1v) is 7.89. The zero-order chi connectivity index (χ0) is 15.0. The number of aromatic nitrogens is 3. The first-order chi connectivity index (χ1) is 10.1. The zero-order valence-corrected chi connectivity index (χ0v) is 13.0. The van der Waals surface area contributed by atoms with Gasteiger partial charge in [-0.15, -0.1) is 22.7 Å². The molecule has 0 radical (unpaired) electrons. The van der Waals surface area contributed by atoms with E-state index in [1.54, 1.807) is 23.8 Å². The van der Waals surface area contributed by atoms with Crippen LogP contribution < -0.4 is 4.90 Å². The Hall–Kier alpha value is -2.06. The standard InChI is InChI=1S/C13H12N4O2S2/c1-7-9-11(17(2)3-8-4-20-6-16-8)14-5-15-12(9)21-10(7)13(18)19/h4-6H,3H2,1-2H3,(H,18,19). The van der Waals surface area contributed by atoms with Crippen LogP contribution in [0.25, 0.3) is 10.2 Å². The van der Waals surface area contributed by atoms with E-state index in [2.05, 4.69) is 15.0 Å². The molecule has 0 spiro atoms. The van der Waals surface area contributed by atoms with Crippen molar-refractivity contribution in [1.29, 1.82) is 0 Å². The molecule has 0 unspecified atom stereocenters. The Labute approximate surface area is 128 Å². The minimum atomic E-state index is -0.927. The number of aryl methyl sites for hydroxylation is 1. The summed E-state index contributed by atoms with van der Waals surface area (Å²) in [5.74, 6) is -0.196. The van der Waals surface area contributed by atoms with Crippen LogP contribution in [-0.2, 0) is 6.54 Å². The van der Waals surface area contributed by atoms with Crippen molar-refractivity contribution in [3.63, 3.8) is 0 Å². The third-order valence-electron chi connectivity index (χ3n) is 3.15. The molecule has 6 nitrogen and oxygen atoms in total. The average molecular weight is 320 g/mol. The predicted molar refractivity (Wildman–Crippen MR) is 83.3 cm³/mol. The van der Waals surface area contributed by atoms with E-state index in [0.29, 0.717) is 21.8 Å². The Balaban J connectivity index is 2.07. The van der Waals surface area contributed by atoms with Crippen molar-refractivity contribution in [2.75, 3.05) is 11.9 Å². The highest BCUT2D eigenvalue weighted by Gasteiger charge is 2.20. The van der Waals surface area contributed by atoms with Crippen molar-refractivity contribution in [2.24, 2.45) is 0 Å². The minimum absolute atomic E-state index is 0.314. The highest BCUT2D eigenvalue weighted by Crippen LogP contribution is 2.34. The number of rotatable bonds is 4. The number of nitrogens with zero attached hydrogens (tertiary/aromatic N) is 4. The van der Waals surface area contributed by atoms with E-state index in [4.69, 9.17) is 0 Å². The fourth-order valence-corrected chi connectivity index (χ4v) is 3.71. The highest BCUT2D eigenvalue weighted by atomic mass is 32.1. The molecular weight excluding hydrogens is 308 g/mol. The quantitative estimate of drug-likeness (QED) is 0.796. The van der Waals surface area contributed by atoms with Crippen molar-refractivity contribution >= 4 is 44.7 Å². The fourth-order valence-electron chi connectivity index (χ4n) is 2.18. The number of anilines is 1. The Bertz CT molecular complexity index is 798. The molecule has 0 fully saturated rings.